The van der Waals surface area contributed by atoms with Gasteiger partial charge in [0.15, 0.2) is 0 Å². The second kappa shape index (κ2) is 7.92. The highest BCUT2D eigenvalue weighted by Gasteiger charge is 2.12. The van der Waals surface area contributed by atoms with Crippen LogP contribution in [0.15, 0.2) is 84.9 Å². The second-order valence-corrected chi connectivity index (χ2v) is 6.51. The van der Waals surface area contributed by atoms with E-state index >= 15 is 0 Å². The Balaban J connectivity index is 1.49. The van der Waals surface area contributed by atoms with Gasteiger partial charge in [0.2, 0.25) is 0 Å². The summed E-state index contributed by atoms with van der Waals surface area (Å²) in [4.78, 5) is 24.2. The summed E-state index contributed by atoms with van der Waals surface area (Å²) in [6.07, 6.45) is 0. The molecule has 4 nitrogen and oxygen atoms in total. The minimum absolute atomic E-state index is 0.155. The van der Waals surface area contributed by atoms with E-state index in [0.717, 1.165) is 27.1 Å². The summed E-state index contributed by atoms with van der Waals surface area (Å²) < 4.78 is 5.48. The van der Waals surface area contributed by atoms with Gasteiger partial charge in [-0.1, -0.05) is 66.7 Å². The highest BCUT2D eigenvalue weighted by Crippen LogP contribution is 2.29. The molecule has 0 aliphatic rings. The van der Waals surface area contributed by atoms with Crippen LogP contribution in [-0.2, 0) is 16.1 Å². The lowest BCUT2D eigenvalue weighted by Gasteiger charge is -2.12. The molecule has 1 amide bonds. The third-order valence-electron chi connectivity index (χ3n) is 4.69. The molecule has 0 heterocycles. The maximum atomic E-state index is 12.2. The third-order valence-corrected chi connectivity index (χ3v) is 4.69. The first-order valence-electron chi connectivity index (χ1n) is 9.10. The van der Waals surface area contributed by atoms with Gasteiger partial charge in [0.05, 0.1) is 0 Å². The zero-order valence-corrected chi connectivity index (χ0v) is 15.2. The smallest absolute Gasteiger partial charge is 0.325 e. The van der Waals surface area contributed by atoms with Gasteiger partial charge in [-0.05, 0) is 39.7 Å². The van der Waals surface area contributed by atoms with Crippen molar-refractivity contribution in [1.82, 2.24) is 5.32 Å². The van der Waals surface area contributed by atoms with Crippen LogP contribution in [0, 0.1) is 0 Å². The van der Waals surface area contributed by atoms with E-state index in [-0.39, 0.29) is 19.1 Å². The minimum atomic E-state index is -0.471. The van der Waals surface area contributed by atoms with Gasteiger partial charge in [-0.3, -0.25) is 9.59 Å². The predicted molar refractivity (Wildman–Crippen MR) is 110 cm³/mol. The Labute approximate surface area is 162 Å². The van der Waals surface area contributed by atoms with Crippen molar-refractivity contribution in [2.45, 2.75) is 6.61 Å². The van der Waals surface area contributed by atoms with Crippen LogP contribution in [0.5, 0.6) is 0 Å². The van der Waals surface area contributed by atoms with Crippen LogP contribution in [-0.4, -0.2) is 18.4 Å². The average molecular weight is 369 g/mol. The number of esters is 1. The number of carbonyl (C=O) groups is 2. The Hall–Kier alpha value is -3.66. The zero-order valence-electron chi connectivity index (χ0n) is 15.2. The lowest BCUT2D eigenvalue weighted by atomic mass is 9.97. The molecule has 0 saturated heterocycles. The average Bonchev–Trinajstić information content (AvgIpc) is 2.75. The molecule has 0 aliphatic heterocycles. The summed E-state index contributed by atoms with van der Waals surface area (Å²) in [6.45, 7) is -0.0155. The van der Waals surface area contributed by atoms with Crippen molar-refractivity contribution < 1.29 is 14.3 Å². The number of fused-ring (bicyclic) bond motifs is 2. The molecule has 0 aromatic heterocycles. The van der Waals surface area contributed by atoms with Crippen molar-refractivity contribution >= 4 is 33.4 Å². The zero-order chi connectivity index (χ0) is 19.3. The quantitative estimate of drug-likeness (QED) is 0.417. The molecule has 0 fully saturated rings. The van der Waals surface area contributed by atoms with Crippen molar-refractivity contribution in [3.63, 3.8) is 0 Å². The molecule has 0 saturated carbocycles. The molecule has 0 radical (unpaired) electrons. The minimum Gasteiger partial charge on any atom is -0.459 e. The second-order valence-electron chi connectivity index (χ2n) is 6.51. The van der Waals surface area contributed by atoms with Crippen molar-refractivity contribution in [3.05, 3.63) is 96.1 Å². The molecule has 4 aromatic rings. The first kappa shape index (κ1) is 17.7. The number of nitrogens with one attached hydrogen (secondary N) is 1. The van der Waals surface area contributed by atoms with E-state index in [9.17, 15) is 9.59 Å². The Bertz CT molecular complexity index is 1100. The lowest BCUT2D eigenvalue weighted by Crippen LogP contribution is -2.30. The number of hydrogen-bond acceptors (Lipinski definition) is 3. The number of ether oxygens (including phenoxy) is 1. The highest BCUT2D eigenvalue weighted by atomic mass is 16.5. The van der Waals surface area contributed by atoms with Gasteiger partial charge in [0, 0.05) is 11.1 Å². The van der Waals surface area contributed by atoms with Crippen molar-refractivity contribution in [3.8, 4) is 0 Å². The van der Waals surface area contributed by atoms with Crippen LogP contribution >= 0.6 is 0 Å². The Morgan fingerprint density at radius 2 is 1.32 bits per heavy atom. The maximum absolute atomic E-state index is 12.2. The van der Waals surface area contributed by atoms with E-state index in [1.807, 2.05) is 54.6 Å². The molecule has 0 bridgehead atoms. The fraction of sp³-hybridized carbons (Fsp3) is 0.0833. The molecule has 4 aromatic carbocycles. The SMILES string of the molecule is O=C(CNC(=O)c1ccccc1)OCc1c2ccccc2cc2ccccc12. The molecule has 0 atom stereocenters. The molecule has 0 unspecified atom stereocenters. The fourth-order valence-electron chi connectivity index (χ4n) is 3.31. The first-order valence-corrected chi connectivity index (χ1v) is 9.10. The van der Waals surface area contributed by atoms with Crippen LogP contribution in [0.25, 0.3) is 21.5 Å². The molecule has 28 heavy (non-hydrogen) atoms. The Kier molecular flexibility index (Phi) is 5.02. The van der Waals surface area contributed by atoms with Crippen LogP contribution in [0.4, 0.5) is 0 Å². The molecule has 1 N–H and O–H groups in total. The fourth-order valence-corrected chi connectivity index (χ4v) is 3.31. The number of carbonyl (C=O) groups excluding carboxylic acids is 2. The van der Waals surface area contributed by atoms with E-state index in [2.05, 4.69) is 11.4 Å². The van der Waals surface area contributed by atoms with Crippen LogP contribution < -0.4 is 5.32 Å². The van der Waals surface area contributed by atoms with Crippen molar-refractivity contribution in [1.29, 1.82) is 0 Å². The van der Waals surface area contributed by atoms with Gasteiger partial charge >= 0.3 is 5.97 Å². The van der Waals surface area contributed by atoms with E-state index in [1.54, 1.807) is 24.3 Å². The summed E-state index contributed by atoms with van der Waals surface area (Å²) in [5.74, 6) is -0.769. The first-order chi connectivity index (χ1) is 13.7. The van der Waals surface area contributed by atoms with Crippen LogP contribution in [0.3, 0.4) is 0 Å². The van der Waals surface area contributed by atoms with E-state index < -0.39 is 5.97 Å². The molecular weight excluding hydrogens is 350 g/mol. The molecular formula is C24H19NO3. The van der Waals surface area contributed by atoms with Gasteiger partial charge in [0.1, 0.15) is 13.2 Å². The lowest BCUT2D eigenvalue weighted by molar-refractivity contribution is -0.143. The molecule has 4 rings (SSSR count). The van der Waals surface area contributed by atoms with E-state index in [1.165, 1.54) is 0 Å². The van der Waals surface area contributed by atoms with Gasteiger partial charge in [-0.15, -0.1) is 0 Å². The molecule has 138 valence electrons. The molecule has 0 spiro atoms. The number of rotatable bonds is 5. The normalized spacial score (nSPS) is 10.7. The molecule has 0 aliphatic carbocycles. The number of amides is 1. The third kappa shape index (κ3) is 3.71. The Morgan fingerprint density at radius 1 is 0.750 bits per heavy atom. The highest BCUT2D eigenvalue weighted by molar-refractivity contribution is 6.02. The summed E-state index contributed by atoms with van der Waals surface area (Å²) in [6, 6.07) is 27.0. The van der Waals surface area contributed by atoms with E-state index in [0.29, 0.717) is 5.56 Å². The summed E-state index contributed by atoms with van der Waals surface area (Å²) in [5.41, 5.74) is 1.48. The van der Waals surface area contributed by atoms with Crippen molar-refractivity contribution in [2.24, 2.45) is 0 Å². The van der Waals surface area contributed by atoms with Crippen LogP contribution in [0.2, 0.25) is 0 Å². The predicted octanol–water partition coefficient (Wildman–Crippen LogP) is 4.47. The topological polar surface area (TPSA) is 55.4 Å². The molecule has 4 heteroatoms. The van der Waals surface area contributed by atoms with Gasteiger partial charge in [-0.25, -0.2) is 0 Å². The van der Waals surface area contributed by atoms with Gasteiger partial charge in [-0.2, -0.15) is 0 Å². The standard InChI is InChI=1S/C24H19NO3/c26-23(15-25-24(27)17-8-2-1-3-9-17)28-16-22-20-12-6-4-10-18(20)14-19-11-5-7-13-21(19)22/h1-14H,15-16H2,(H,25,27). The summed E-state index contributed by atoms with van der Waals surface area (Å²) in [5, 5.41) is 6.91. The van der Waals surface area contributed by atoms with Gasteiger partial charge in [0.25, 0.3) is 5.91 Å². The van der Waals surface area contributed by atoms with Crippen molar-refractivity contribution in [2.75, 3.05) is 6.54 Å². The number of hydrogen-bond donors (Lipinski definition) is 1. The van der Waals surface area contributed by atoms with Gasteiger partial charge < -0.3 is 10.1 Å². The Morgan fingerprint density at radius 3 is 1.96 bits per heavy atom. The summed E-state index contributed by atoms with van der Waals surface area (Å²) in [7, 11) is 0. The van der Waals surface area contributed by atoms with Crippen LogP contribution in [0.1, 0.15) is 15.9 Å². The summed E-state index contributed by atoms with van der Waals surface area (Å²) >= 11 is 0. The largest absolute Gasteiger partial charge is 0.459 e. The maximum Gasteiger partial charge on any atom is 0.325 e. The number of benzene rings is 4. The van der Waals surface area contributed by atoms with E-state index in [4.69, 9.17) is 4.74 Å². The monoisotopic (exact) mass is 369 g/mol.